The zero-order valence-electron chi connectivity index (χ0n) is 15.6. The fraction of sp³-hybridized carbons (Fsp3) is 0.471. The van der Waals surface area contributed by atoms with Gasteiger partial charge in [-0.05, 0) is 38.1 Å². The summed E-state index contributed by atoms with van der Waals surface area (Å²) in [7, 11) is -3.98. The summed E-state index contributed by atoms with van der Waals surface area (Å²) in [6.07, 6.45) is -3.36. The number of ether oxygens (including phenoxy) is 1. The van der Waals surface area contributed by atoms with Gasteiger partial charge in [-0.3, -0.25) is 9.40 Å². The molecule has 0 atom stereocenters. The number of hydrogen-bond acceptors (Lipinski definition) is 4. The number of aromatic nitrogens is 2. The van der Waals surface area contributed by atoms with E-state index in [4.69, 9.17) is 0 Å². The van der Waals surface area contributed by atoms with Crippen molar-refractivity contribution in [3.05, 3.63) is 36.2 Å². The fourth-order valence-corrected chi connectivity index (χ4v) is 3.70. The quantitative estimate of drug-likeness (QED) is 0.797. The molecule has 0 aliphatic heterocycles. The summed E-state index contributed by atoms with van der Waals surface area (Å²) in [6, 6.07) is 4.43. The Morgan fingerprint density at radius 2 is 1.67 bits per heavy atom. The van der Waals surface area contributed by atoms with Crippen molar-refractivity contribution in [1.29, 1.82) is 0 Å². The van der Waals surface area contributed by atoms with Crippen LogP contribution in [0.25, 0.3) is 0 Å². The van der Waals surface area contributed by atoms with Gasteiger partial charge in [-0.15, -0.1) is 13.2 Å². The van der Waals surface area contributed by atoms with Crippen molar-refractivity contribution in [1.82, 2.24) is 9.78 Å². The summed E-state index contributed by atoms with van der Waals surface area (Å²) in [5.41, 5.74) is -0.00310. The lowest BCUT2D eigenvalue weighted by Crippen LogP contribution is -2.20. The third kappa shape index (κ3) is 5.38. The molecule has 1 heterocycles. The second-order valence-electron chi connectivity index (χ2n) is 7.34. The first-order valence-electron chi connectivity index (χ1n) is 8.17. The molecule has 0 saturated heterocycles. The van der Waals surface area contributed by atoms with Crippen LogP contribution >= 0.6 is 0 Å². The smallest absolute Gasteiger partial charge is 0.406 e. The van der Waals surface area contributed by atoms with Gasteiger partial charge in [0, 0.05) is 23.3 Å². The van der Waals surface area contributed by atoms with E-state index < -0.39 is 27.6 Å². The van der Waals surface area contributed by atoms with Crippen LogP contribution in [-0.4, -0.2) is 24.6 Å². The maximum atomic E-state index is 12.8. The number of hydrogen-bond donors (Lipinski definition) is 1. The molecule has 0 bridgehead atoms. The highest BCUT2D eigenvalue weighted by atomic mass is 32.2. The van der Waals surface area contributed by atoms with Crippen LogP contribution in [-0.2, 0) is 15.4 Å². The molecule has 0 saturated carbocycles. The van der Waals surface area contributed by atoms with Gasteiger partial charge in [-0.1, -0.05) is 20.8 Å². The monoisotopic (exact) mass is 405 g/mol. The van der Waals surface area contributed by atoms with Crippen molar-refractivity contribution < 1.29 is 26.3 Å². The Morgan fingerprint density at radius 3 is 2.11 bits per heavy atom. The molecule has 0 unspecified atom stereocenters. The van der Waals surface area contributed by atoms with Crippen molar-refractivity contribution in [2.45, 2.75) is 57.3 Å². The molecule has 0 amide bonds. The summed E-state index contributed by atoms with van der Waals surface area (Å²) < 4.78 is 70.0. The van der Waals surface area contributed by atoms with E-state index >= 15 is 0 Å². The van der Waals surface area contributed by atoms with Crippen LogP contribution in [0.5, 0.6) is 5.75 Å². The molecule has 1 aromatic carbocycles. The first-order valence-corrected chi connectivity index (χ1v) is 9.65. The Kier molecular flexibility index (Phi) is 5.51. The van der Waals surface area contributed by atoms with Crippen molar-refractivity contribution in [2.75, 3.05) is 4.72 Å². The maximum absolute atomic E-state index is 12.8. The summed E-state index contributed by atoms with van der Waals surface area (Å²) in [5, 5.41) is 4.40. The molecular weight excluding hydrogens is 383 g/mol. The molecular formula is C17H22F3N3O3S. The van der Waals surface area contributed by atoms with Crippen LogP contribution in [0, 0.1) is 0 Å². The minimum atomic E-state index is -4.81. The van der Waals surface area contributed by atoms with E-state index in [0.717, 1.165) is 12.1 Å². The molecule has 0 radical (unpaired) electrons. The number of nitrogens with one attached hydrogen (secondary N) is 1. The molecule has 150 valence electrons. The van der Waals surface area contributed by atoms with E-state index in [-0.39, 0.29) is 16.6 Å². The Morgan fingerprint density at radius 1 is 1.11 bits per heavy atom. The van der Waals surface area contributed by atoms with Gasteiger partial charge in [-0.2, -0.15) is 5.10 Å². The zero-order chi connectivity index (χ0) is 20.6. The molecule has 1 aromatic heterocycles. The molecule has 0 aliphatic carbocycles. The predicted octanol–water partition coefficient (Wildman–Crippen LogP) is 4.46. The molecule has 6 nitrogen and oxygen atoms in total. The van der Waals surface area contributed by atoms with Gasteiger partial charge in [0.1, 0.15) is 10.6 Å². The number of nitrogens with zero attached hydrogens (tertiary/aromatic N) is 2. The summed E-state index contributed by atoms with van der Waals surface area (Å²) in [4.78, 5) is 0.0271. The van der Waals surface area contributed by atoms with Gasteiger partial charge in [-0.25, -0.2) is 8.42 Å². The minimum absolute atomic E-state index is 0.0271. The first-order chi connectivity index (χ1) is 12.2. The van der Waals surface area contributed by atoms with Crippen LogP contribution < -0.4 is 9.46 Å². The van der Waals surface area contributed by atoms with Gasteiger partial charge < -0.3 is 4.74 Å². The minimum Gasteiger partial charge on any atom is -0.406 e. The average Bonchev–Trinajstić information content (AvgIpc) is 2.94. The van der Waals surface area contributed by atoms with Crippen molar-refractivity contribution in [2.24, 2.45) is 0 Å². The zero-order valence-corrected chi connectivity index (χ0v) is 16.4. The van der Waals surface area contributed by atoms with Crippen molar-refractivity contribution >= 4 is 15.7 Å². The van der Waals surface area contributed by atoms with E-state index in [1.54, 1.807) is 4.68 Å². The first kappa shape index (κ1) is 21.1. The van der Waals surface area contributed by atoms with Gasteiger partial charge in [0.2, 0.25) is 0 Å². The highest BCUT2D eigenvalue weighted by molar-refractivity contribution is 7.92. The normalized spacial score (nSPS) is 13.1. The average molecular weight is 405 g/mol. The van der Waals surface area contributed by atoms with Gasteiger partial charge >= 0.3 is 6.36 Å². The Labute approximate surface area is 156 Å². The van der Waals surface area contributed by atoms with E-state index in [1.807, 2.05) is 34.6 Å². The number of anilines is 1. The molecule has 10 heteroatoms. The lowest BCUT2D eigenvalue weighted by molar-refractivity contribution is -0.274. The van der Waals surface area contributed by atoms with Crippen LogP contribution in [0.15, 0.2) is 35.4 Å². The number of halogens is 3. The fourth-order valence-electron chi connectivity index (χ4n) is 2.29. The van der Waals surface area contributed by atoms with Crippen molar-refractivity contribution in [3.63, 3.8) is 0 Å². The predicted molar refractivity (Wildman–Crippen MR) is 95.2 cm³/mol. The third-order valence-corrected chi connectivity index (χ3v) is 4.95. The van der Waals surface area contributed by atoms with Crippen LogP contribution in [0.1, 0.15) is 46.4 Å². The molecule has 0 spiro atoms. The summed E-state index contributed by atoms with van der Waals surface area (Å²) >= 11 is 0. The summed E-state index contributed by atoms with van der Waals surface area (Å²) in [6.45, 7) is 9.30. The number of alkyl halides is 3. The van der Waals surface area contributed by atoms with Gasteiger partial charge in [0.15, 0.2) is 0 Å². The molecule has 0 aliphatic rings. The number of sulfonamides is 1. The topological polar surface area (TPSA) is 73.2 Å². The molecule has 2 rings (SSSR count). The van der Waals surface area contributed by atoms with Gasteiger partial charge in [0.25, 0.3) is 10.0 Å². The Hall–Kier alpha value is -2.23. The van der Waals surface area contributed by atoms with E-state index in [9.17, 15) is 21.6 Å². The largest absolute Gasteiger partial charge is 0.573 e. The molecule has 0 fully saturated rings. The standard InChI is InChI=1S/C17H22F3N3O3S/c1-11(2)23-10-14(15(21-23)16(3,4)5)27(24,25)22-12-6-8-13(9-7-12)26-17(18,19)20/h6-11,22H,1-5H3. The van der Waals surface area contributed by atoms with Crippen molar-refractivity contribution in [3.8, 4) is 5.75 Å². The van der Waals surface area contributed by atoms with E-state index in [0.29, 0.717) is 5.69 Å². The second kappa shape index (κ2) is 7.06. The summed E-state index contributed by atoms with van der Waals surface area (Å²) in [5.74, 6) is -0.437. The van der Waals surface area contributed by atoms with Crippen LogP contribution in [0.3, 0.4) is 0 Å². The number of benzene rings is 1. The third-order valence-electron chi connectivity index (χ3n) is 3.57. The Balaban J connectivity index is 2.34. The SMILES string of the molecule is CC(C)n1cc(S(=O)(=O)Nc2ccc(OC(F)(F)F)cc2)c(C(C)(C)C)n1. The highest BCUT2D eigenvalue weighted by Gasteiger charge is 2.32. The maximum Gasteiger partial charge on any atom is 0.573 e. The molecule has 1 N–H and O–H groups in total. The number of rotatable bonds is 5. The Bertz CT molecular complexity index is 896. The lowest BCUT2D eigenvalue weighted by Gasteiger charge is -2.18. The van der Waals surface area contributed by atoms with E-state index in [2.05, 4.69) is 14.6 Å². The lowest BCUT2D eigenvalue weighted by atomic mass is 9.92. The highest BCUT2D eigenvalue weighted by Crippen LogP contribution is 2.30. The van der Waals surface area contributed by atoms with Gasteiger partial charge in [0.05, 0.1) is 5.69 Å². The molecule has 2 aromatic rings. The van der Waals surface area contributed by atoms with E-state index in [1.165, 1.54) is 18.3 Å². The van der Waals surface area contributed by atoms with Crippen LogP contribution in [0.2, 0.25) is 0 Å². The molecule has 27 heavy (non-hydrogen) atoms. The van der Waals surface area contributed by atoms with Crippen LogP contribution in [0.4, 0.5) is 18.9 Å². The second-order valence-corrected chi connectivity index (χ2v) is 8.99.